The van der Waals surface area contributed by atoms with Gasteiger partial charge in [0.2, 0.25) is 0 Å². The molecule has 0 atom stereocenters. The van der Waals surface area contributed by atoms with E-state index in [1.54, 1.807) is 69.8 Å². The van der Waals surface area contributed by atoms with Crippen LogP contribution >= 0.6 is 0 Å². The fourth-order valence-corrected chi connectivity index (χ4v) is 8.65. The number of hydrogen-bond acceptors (Lipinski definition) is 3. The molecular formula is C52H28F3N5. The maximum Gasteiger partial charge on any atom is 0.420 e. The van der Waals surface area contributed by atoms with Gasteiger partial charge in [-0.05, 0) is 94.0 Å². The van der Waals surface area contributed by atoms with E-state index in [0.29, 0.717) is 72.1 Å². The van der Waals surface area contributed by atoms with Crippen LogP contribution in [0.4, 0.5) is 13.2 Å². The van der Waals surface area contributed by atoms with Crippen molar-refractivity contribution in [2.24, 2.45) is 0 Å². The minimum Gasteiger partial charge on any atom is -0.309 e. The first-order valence-electron chi connectivity index (χ1n) is 19.1. The maximum absolute atomic E-state index is 16.5. The van der Waals surface area contributed by atoms with Crippen molar-refractivity contribution >= 4 is 43.6 Å². The fraction of sp³-hybridized carbons (Fsp3) is 0.0192. The van der Waals surface area contributed by atoms with Gasteiger partial charge >= 0.3 is 6.18 Å². The highest BCUT2D eigenvalue weighted by Gasteiger charge is 2.39. The first kappa shape index (κ1) is 36.0. The molecule has 0 amide bonds. The molecule has 0 saturated heterocycles. The number of hydrogen-bond donors (Lipinski definition) is 0. The summed E-state index contributed by atoms with van der Waals surface area (Å²) in [5.74, 6) is 0. The summed E-state index contributed by atoms with van der Waals surface area (Å²) in [7, 11) is 0. The van der Waals surface area contributed by atoms with Gasteiger partial charge in [0.05, 0.1) is 68.3 Å². The molecule has 0 bridgehead atoms. The van der Waals surface area contributed by atoms with E-state index in [4.69, 9.17) is 0 Å². The van der Waals surface area contributed by atoms with Crippen molar-refractivity contribution < 1.29 is 13.2 Å². The third kappa shape index (κ3) is 5.69. The Labute approximate surface area is 341 Å². The fourth-order valence-electron chi connectivity index (χ4n) is 8.65. The zero-order chi connectivity index (χ0) is 41.1. The summed E-state index contributed by atoms with van der Waals surface area (Å²) in [6, 6.07) is 57.1. The first-order chi connectivity index (χ1) is 29.3. The highest BCUT2D eigenvalue weighted by molar-refractivity contribution is 6.12. The summed E-state index contributed by atoms with van der Waals surface area (Å²) in [4.78, 5) is 0. The SMILES string of the molecule is N#Cc1cccc(-c2cc(-n3c4ccccc4c4ccc(-c5ccccc5C#N)cc43)c(C(F)(F)F)c(-n3c4ccccc4c4ccc(-c5ccccc5C#N)cc43)c2)c1. The average Bonchev–Trinajstić information content (AvgIpc) is 3.80. The highest BCUT2D eigenvalue weighted by atomic mass is 19.4. The lowest BCUT2D eigenvalue weighted by Crippen LogP contribution is -2.16. The summed E-state index contributed by atoms with van der Waals surface area (Å²) in [6.07, 6.45) is -4.89. The normalized spacial score (nSPS) is 11.5. The molecule has 0 saturated carbocycles. The van der Waals surface area contributed by atoms with Gasteiger partial charge in [0.1, 0.15) is 5.56 Å². The van der Waals surface area contributed by atoms with Gasteiger partial charge in [-0.1, -0.05) is 109 Å². The predicted molar refractivity (Wildman–Crippen MR) is 231 cm³/mol. The van der Waals surface area contributed by atoms with Gasteiger partial charge in [0.15, 0.2) is 0 Å². The summed E-state index contributed by atoms with van der Waals surface area (Å²) in [5.41, 5.74) is 6.10. The molecule has 0 aliphatic carbocycles. The first-order valence-corrected chi connectivity index (χ1v) is 19.1. The molecule has 0 aliphatic rings. The Morgan fingerprint density at radius 3 is 1.33 bits per heavy atom. The second-order valence-electron chi connectivity index (χ2n) is 14.6. The molecule has 0 spiro atoms. The summed E-state index contributed by atoms with van der Waals surface area (Å²) in [6.45, 7) is 0. The van der Waals surface area contributed by atoms with Crippen LogP contribution in [-0.2, 0) is 6.18 Å². The quantitative estimate of drug-likeness (QED) is 0.174. The van der Waals surface area contributed by atoms with Crippen LogP contribution in [0, 0.1) is 34.0 Å². The molecule has 2 aromatic heterocycles. The molecule has 10 rings (SSSR count). The number of benzene rings is 8. The lowest BCUT2D eigenvalue weighted by molar-refractivity contribution is -0.137. The second-order valence-corrected chi connectivity index (χ2v) is 14.6. The molecule has 10 aromatic rings. The van der Waals surface area contributed by atoms with Crippen molar-refractivity contribution in [1.82, 2.24) is 9.13 Å². The molecule has 0 fully saturated rings. The number of rotatable bonds is 5. The lowest BCUT2D eigenvalue weighted by atomic mass is 9.97. The number of nitriles is 3. The third-order valence-electron chi connectivity index (χ3n) is 11.3. The molecule has 0 radical (unpaired) electrons. The van der Waals surface area contributed by atoms with Gasteiger partial charge in [-0.3, -0.25) is 0 Å². The van der Waals surface area contributed by atoms with Crippen molar-refractivity contribution in [3.05, 3.63) is 192 Å². The van der Waals surface area contributed by atoms with Crippen molar-refractivity contribution in [3.8, 4) is 63.0 Å². The average molecular weight is 780 g/mol. The molecule has 2 heterocycles. The zero-order valence-electron chi connectivity index (χ0n) is 31.5. The summed E-state index contributed by atoms with van der Waals surface area (Å²) in [5, 5.41) is 32.9. The van der Waals surface area contributed by atoms with E-state index in [1.807, 2.05) is 109 Å². The molecule has 5 nitrogen and oxygen atoms in total. The van der Waals surface area contributed by atoms with Gasteiger partial charge in [-0.25, -0.2) is 0 Å². The number of nitrogens with zero attached hydrogens (tertiary/aromatic N) is 5. The van der Waals surface area contributed by atoms with Crippen LogP contribution in [0.25, 0.3) is 88.4 Å². The van der Waals surface area contributed by atoms with Crippen molar-refractivity contribution in [2.45, 2.75) is 6.18 Å². The number of para-hydroxylation sites is 2. The standard InChI is InChI=1S/C52H28F3N5/c53-52(54,55)51-49(59-45-18-7-5-16-41(45)43-22-20-34(25-47(43)59)39-14-3-1-11-36(39)30-57)27-38(33-13-9-10-32(24-33)29-56)28-50(51)60-46-19-8-6-17-42(46)44-23-21-35(26-48(44)60)40-15-4-2-12-37(40)31-58/h1-28H. The molecule has 8 heteroatoms. The summed E-state index contributed by atoms with van der Waals surface area (Å²) >= 11 is 0. The Morgan fingerprint density at radius 1 is 0.383 bits per heavy atom. The van der Waals surface area contributed by atoms with Gasteiger partial charge in [0.25, 0.3) is 0 Å². The van der Waals surface area contributed by atoms with Gasteiger partial charge in [0, 0.05) is 21.5 Å². The van der Waals surface area contributed by atoms with Gasteiger partial charge in [-0.2, -0.15) is 29.0 Å². The lowest BCUT2D eigenvalue weighted by Gasteiger charge is -2.23. The van der Waals surface area contributed by atoms with E-state index in [-0.39, 0.29) is 11.4 Å². The number of aromatic nitrogens is 2. The highest BCUT2D eigenvalue weighted by Crippen LogP contribution is 2.47. The Hall–Kier alpha value is -8.38. The van der Waals surface area contributed by atoms with E-state index in [2.05, 4.69) is 18.2 Å². The molecule has 60 heavy (non-hydrogen) atoms. The van der Waals surface area contributed by atoms with Gasteiger partial charge in [-0.15, -0.1) is 0 Å². The number of halogens is 3. The monoisotopic (exact) mass is 779 g/mol. The van der Waals surface area contributed by atoms with Crippen LogP contribution in [0.1, 0.15) is 22.3 Å². The van der Waals surface area contributed by atoms with Gasteiger partial charge < -0.3 is 9.13 Å². The van der Waals surface area contributed by atoms with E-state index < -0.39 is 11.7 Å². The Morgan fingerprint density at radius 2 is 0.850 bits per heavy atom. The minimum atomic E-state index is -4.89. The largest absolute Gasteiger partial charge is 0.420 e. The predicted octanol–water partition coefficient (Wildman–Crippen LogP) is 13.5. The molecule has 8 aromatic carbocycles. The number of alkyl halides is 3. The van der Waals surface area contributed by atoms with E-state index in [1.165, 1.54) is 0 Å². The van der Waals surface area contributed by atoms with Crippen molar-refractivity contribution in [3.63, 3.8) is 0 Å². The van der Waals surface area contributed by atoms with Crippen LogP contribution in [0.15, 0.2) is 170 Å². The molecule has 0 aliphatic heterocycles. The zero-order valence-corrected chi connectivity index (χ0v) is 31.5. The van der Waals surface area contributed by atoms with E-state index in [0.717, 1.165) is 21.5 Å². The van der Waals surface area contributed by atoms with E-state index in [9.17, 15) is 15.8 Å². The smallest absolute Gasteiger partial charge is 0.309 e. The topological polar surface area (TPSA) is 81.2 Å². The summed E-state index contributed by atoms with van der Waals surface area (Å²) < 4.78 is 52.8. The van der Waals surface area contributed by atoms with E-state index >= 15 is 13.2 Å². The van der Waals surface area contributed by atoms with Crippen molar-refractivity contribution in [1.29, 1.82) is 15.8 Å². The van der Waals surface area contributed by atoms with Crippen LogP contribution < -0.4 is 0 Å². The Bertz CT molecular complexity index is 3330. The van der Waals surface area contributed by atoms with Crippen LogP contribution in [0.3, 0.4) is 0 Å². The Kier molecular flexibility index (Phi) is 8.35. The number of fused-ring (bicyclic) bond motifs is 6. The van der Waals surface area contributed by atoms with Crippen LogP contribution in [0.2, 0.25) is 0 Å². The van der Waals surface area contributed by atoms with Crippen LogP contribution in [0.5, 0.6) is 0 Å². The van der Waals surface area contributed by atoms with Crippen LogP contribution in [-0.4, -0.2) is 9.13 Å². The third-order valence-corrected chi connectivity index (χ3v) is 11.3. The Balaban J connectivity index is 1.38. The minimum absolute atomic E-state index is 0.105. The molecule has 0 unspecified atom stereocenters. The maximum atomic E-state index is 16.5. The van der Waals surface area contributed by atoms with Crippen molar-refractivity contribution in [2.75, 3.05) is 0 Å². The molecular weight excluding hydrogens is 752 g/mol. The molecule has 282 valence electrons. The second kappa shape index (κ2) is 13.9. The molecule has 0 N–H and O–H groups in total.